The van der Waals surface area contributed by atoms with Gasteiger partial charge in [-0.05, 0) is 57.9 Å². The van der Waals surface area contributed by atoms with E-state index in [1.165, 1.54) is 42.7 Å². The minimum absolute atomic E-state index is 0.0467. The first kappa shape index (κ1) is 27.3. The van der Waals surface area contributed by atoms with Gasteiger partial charge < -0.3 is 30.1 Å². The molecule has 0 saturated carbocycles. The number of hydrogen-bond acceptors (Lipinski definition) is 9. The zero-order valence-electron chi connectivity index (χ0n) is 20.4. The van der Waals surface area contributed by atoms with Crippen molar-refractivity contribution in [3.63, 3.8) is 0 Å². The Bertz CT molecular complexity index is 1370. The number of phenolic OH excluding ortho intramolecular Hbond substituents is 1. The van der Waals surface area contributed by atoms with E-state index in [1.54, 1.807) is 30.5 Å². The first-order chi connectivity index (χ1) is 18.3. The topological polar surface area (TPSA) is 130 Å². The molecule has 0 bridgehead atoms. The van der Waals surface area contributed by atoms with Crippen LogP contribution in [0.5, 0.6) is 5.75 Å². The number of phenols is 1. The van der Waals surface area contributed by atoms with Gasteiger partial charge in [0, 0.05) is 35.9 Å². The number of aromatic hydroxyl groups is 1. The molecule has 0 radical (unpaired) electrons. The Morgan fingerprint density at radius 1 is 1.18 bits per heavy atom. The summed E-state index contributed by atoms with van der Waals surface area (Å²) in [7, 11) is 1.23. The van der Waals surface area contributed by atoms with Gasteiger partial charge in [-0.3, -0.25) is 9.59 Å². The van der Waals surface area contributed by atoms with Gasteiger partial charge >= 0.3 is 5.97 Å². The Labute approximate surface area is 231 Å². The maximum absolute atomic E-state index is 13.0. The second kappa shape index (κ2) is 12.7. The number of carbonyl (C=O) groups is 3. The molecule has 4 rings (SSSR count). The Morgan fingerprint density at radius 3 is 2.68 bits per heavy atom. The molecule has 1 saturated heterocycles. The fourth-order valence-electron chi connectivity index (χ4n) is 3.62. The average molecular weight is 601 g/mol. The van der Waals surface area contributed by atoms with Crippen LogP contribution in [0.2, 0.25) is 0 Å². The van der Waals surface area contributed by atoms with Crippen molar-refractivity contribution in [2.24, 2.45) is 0 Å². The van der Waals surface area contributed by atoms with Crippen LogP contribution in [0.15, 0.2) is 58.8 Å². The van der Waals surface area contributed by atoms with E-state index in [-0.39, 0.29) is 29.5 Å². The molecule has 2 heterocycles. The number of rotatable bonds is 8. The number of amides is 2. The fourth-order valence-corrected chi connectivity index (χ4v) is 5.09. The standard InChI is InChI=1S/C26H25BrN4O6S/c1-36-25(35)22(13-19-15-29-26(38-19)31-7-9-37-10-8-31)30-24(34)20-6-5-17(12-21(20)27)23(33)28-14-16-3-2-4-18(32)11-16/h2-6,11-13,15,32H,7-10,14H2,1H3,(H,28,33)(H,30,34)/b22-13-. The van der Waals surface area contributed by atoms with Crippen LogP contribution >= 0.6 is 27.3 Å². The van der Waals surface area contributed by atoms with Gasteiger partial charge in [-0.15, -0.1) is 0 Å². The molecule has 1 aromatic heterocycles. The van der Waals surface area contributed by atoms with E-state index < -0.39 is 11.9 Å². The summed E-state index contributed by atoms with van der Waals surface area (Å²) < 4.78 is 10.6. The number of ether oxygens (including phenoxy) is 2. The molecule has 0 unspecified atom stereocenters. The lowest BCUT2D eigenvalue weighted by molar-refractivity contribution is -0.136. The summed E-state index contributed by atoms with van der Waals surface area (Å²) in [4.78, 5) is 45.2. The molecule has 198 valence electrons. The van der Waals surface area contributed by atoms with Gasteiger partial charge in [0.15, 0.2) is 5.13 Å². The third-order valence-corrected chi connectivity index (χ3v) is 7.23. The number of anilines is 1. The second-order valence-electron chi connectivity index (χ2n) is 8.20. The van der Waals surface area contributed by atoms with E-state index in [0.29, 0.717) is 28.1 Å². The fraction of sp³-hybridized carbons (Fsp3) is 0.231. The van der Waals surface area contributed by atoms with Crippen molar-refractivity contribution in [1.29, 1.82) is 0 Å². The molecule has 12 heteroatoms. The first-order valence-electron chi connectivity index (χ1n) is 11.6. The van der Waals surface area contributed by atoms with E-state index >= 15 is 0 Å². The highest BCUT2D eigenvalue weighted by Gasteiger charge is 2.20. The maximum Gasteiger partial charge on any atom is 0.354 e. The number of hydrogen-bond donors (Lipinski definition) is 3. The second-order valence-corrected chi connectivity index (χ2v) is 10.1. The number of morpholine rings is 1. The molecule has 1 aliphatic heterocycles. The summed E-state index contributed by atoms with van der Waals surface area (Å²) >= 11 is 4.73. The quantitative estimate of drug-likeness (QED) is 0.265. The molecule has 3 N–H and O–H groups in total. The third kappa shape index (κ3) is 6.97. The number of methoxy groups -OCH3 is 1. The van der Waals surface area contributed by atoms with Crippen molar-refractivity contribution in [2.75, 3.05) is 38.3 Å². The minimum Gasteiger partial charge on any atom is -0.508 e. The van der Waals surface area contributed by atoms with Gasteiger partial charge in [0.25, 0.3) is 11.8 Å². The molecule has 2 amide bonds. The Hall–Kier alpha value is -3.74. The SMILES string of the molecule is COC(=O)/C(=C/c1cnc(N2CCOCC2)s1)NC(=O)c1ccc(C(=O)NCc2cccc(O)c2)cc1Br. The highest BCUT2D eigenvalue weighted by molar-refractivity contribution is 9.10. The van der Waals surface area contributed by atoms with E-state index in [9.17, 15) is 19.5 Å². The van der Waals surface area contributed by atoms with Gasteiger partial charge in [0.05, 0.1) is 30.8 Å². The lowest BCUT2D eigenvalue weighted by Gasteiger charge is -2.25. The molecule has 10 nitrogen and oxygen atoms in total. The maximum atomic E-state index is 13.0. The highest BCUT2D eigenvalue weighted by atomic mass is 79.9. The lowest BCUT2D eigenvalue weighted by atomic mass is 10.1. The monoisotopic (exact) mass is 600 g/mol. The van der Waals surface area contributed by atoms with Crippen LogP contribution in [0, 0.1) is 0 Å². The van der Waals surface area contributed by atoms with Crippen LogP contribution in [-0.4, -0.2) is 61.3 Å². The van der Waals surface area contributed by atoms with Gasteiger partial charge in [-0.1, -0.05) is 23.5 Å². The van der Waals surface area contributed by atoms with Crippen LogP contribution in [0.3, 0.4) is 0 Å². The zero-order chi connectivity index (χ0) is 27.1. The van der Waals surface area contributed by atoms with Crippen LogP contribution in [-0.2, 0) is 20.8 Å². The molecule has 0 spiro atoms. The number of aromatic nitrogens is 1. The summed E-state index contributed by atoms with van der Waals surface area (Å²) in [6, 6.07) is 11.1. The van der Waals surface area contributed by atoms with Gasteiger partial charge in [-0.25, -0.2) is 9.78 Å². The minimum atomic E-state index is -0.709. The Kier molecular flexibility index (Phi) is 9.10. The van der Waals surface area contributed by atoms with E-state index in [4.69, 9.17) is 9.47 Å². The Morgan fingerprint density at radius 2 is 1.97 bits per heavy atom. The molecule has 1 aliphatic rings. The predicted octanol–water partition coefficient (Wildman–Crippen LogP) is 3.32. The van der Waals surface area contributed by atoms with E-state index in [2.05, 4.69) is 36.4 Å². The summed E-state index contributed by atoms with van der Waals surface area (Å²) in [5, 5.41) is 15.7. The number of nitrogens with zero attached hydrogens (tertiary/aromatic N) is 2. The number of esters is 1. The van der Waals surface area contributed by atoms with E-state index in [0.717, 1.165) is 23.8 Å². The summed E-state index contributed by atoms with van der Waals surface area (Å²) in [5.74, 6) is -1.50. The average Bonchev–Trinajstić information content (AvgIpc) is 3.40. The normalized spacial score (nSPS) is 13.6. The molecule has 2 aromatic carbocycles. The van der Waals surface area contributed by atoms with Gasteiger partial charge in [0.2, 0.25) is 0 Å². The third-order valence-electron chi connectivity index (χ3n) is 5.57. The summed E-state index contributed by atoms with van der Waals surface area (Å²) in [6.07, 6.45) is 3.15. The van der Waals surface area contributed by atoms with Crippen LogP contribution < -0.4 is 15.5 Å². The molecule has 3 aromatic rings. The van der Waals surface area contributed by atoms with Crippen molar-refractivity contribution < 1.29 is 29.0 Å². The zero-order valence-corrected chi connectivity index (χ0v) is 22.8. The van der Waals surface area contributed by atoms with Crippen molar-refractivity contribution in [3.05, 3.63) is 80.4 Å². The predicted molar refractivity (Wildman–Crippen MR) is 146 cm³/mol. The van der Waals surface area contributed by atoms with Gasteiger partial charge in [0.1, 0.15) is 11.4 Å². The lowest BCUT2D eigenvalue weighted by Crippen LogP contribution is -2.36. The molecule has 38 heavy (non-hydrogen) atoms. The molecule has 0 atom stereocenters. The van der Waals surface area contributed by atoms with Crippen molar-refractivity contribution >= 4 is 56.3 Å². The molecular formula is C26H25BrN4O6S. The van der Waals surface area contributed by atoms with Gasteiger partial charge in [-0.2, -0.15) is 0 Å². The molecule has 0 aliphatic carbocycles. The number of halogens is 1. The van der Waals surface area contributed by atoms with Crippen LogP contribution in [0.1, 0.15) is 31.2 Å². The van der Waals surface area contributed by atoms with Crippen LogP contribution in [0.4, 0.5) is 5.13 Å². The highest BCUT2D eigenvalue weighted by Crippen LogP contribution is 2.25. The van der Waals surface area contributed by atoms with Crippen LogP contribution in [0.25, 0.3) is 6.08 Å². The molecule has 1 fully saturated rings. The Balaban J connectivity index is 1.44. The number of benzene rings is 2. The number of thiazole rings is 1. The number of nitrogens with one attached hydrogen (secondary N) is 2. The molecular weight excluding hydrogens is 576 g/mol. The van der Waals surface area contributed by atoms with Crippen molar-refractivity contribution in [3.8, 4) is 5.75 Å². The smallest absolute Gasteiger partial charge is 0.354 e. The summed E-state index contributed by atoms with van der Waals surface area (Å²) in [6.45, 7) is 2.94. The summed E-state index contributed by atoms with van der Waals surface area (Å²) in [5.41, 5.74) is 1.25. The largest absolute Gasteiger partial charge is 0.508 e. The van der Waals surface area contributed by atoms with E-state index in [1.807, 2.05) is 0 Å². The first-order valence-corrected chi connectivity index (χ1v) is 13.2. The number of carbonyl (C=O) groups excluding carboxylic acids is 3. The van der Waals surface area contributed by atoms with Crippen molar-refractivity contribution in [1.82, 2.24) is 15.6 Å². The van der Waals surface area contributed by atoms with Crippen molar-refractivity contribution in [2.45, 2.75) is 6.54 Å².